The van der Waals surface area contributed by atoms with Crippen molar-refractivity contribution in [1.82, 2.24) is 4.72 Å². The van der Waals surface area contributed by atoms with Gasteiger partial charge in [-0.3, -0.25) is 4.79 Å². The van der Waals surface area contributed by atoms with Gasteiger partial charge in [-0.05, 0) is 67.6 Å². The minimum absolute atomic E-state index is 0.202. The van der Waals surface area contributed by atoms with Gasteiger partial charge in [-0.25, -0.2) is 13.1 Å². The standard InChI is InChI=1S/C27H36N2O9S/c1-3-20(17-6-8-18(9-7-17)29-12-4-5-13-29)26(33)37-21-11-10-19(14-16(21)2)39(35,36)28-23-25(32)24(31)22(15-30)38-27(23)34/h6-11,14,20,22-25,27-28,30-32,34H,3-5,12-13,15H2,1-2H3/t20?,22-,23-,24-,25-,27?/m1/s1. The number of ether oxygens (including phenoxy) is 2. The Labute approximate surface area is 228 Å². The molecule has 0 saturated carbocycles. The summed E-state index contributed by atoms with van der Waals surface area (Å²) in [5, 5.41) is 39.6. The maximum Gasteiger partial charge on any atom is 0.318 e. The van der Waals surface area contributed by atoms with Gasteiger partial charge in [0.05, 0.1) is 17.4 Å². The number of aliphatic hydroxyl groups is 4. The lowest BCUT2D eigenvalue weighted by Gasteiger charge is -2.40. The second-order valence-corrected chi connectivity index (χ2v) is 11.7. The molecule has 6 atom stereocenters. The van der Waals surface area contributed by atoms with Crippen LogP contribution in [0.15, 0.2) is 47.4 Å². The lowest BCUT2D eigenvalue weighted by atomic mass is 9.96. The summed E-state index contributed by atoms with van der Waals surface area (Å²) in [6.45, 7) is 4.88. The van der Waals surface area contributed by atoms with Crippen molar-refractivity contribution < 1.29 is 43.1 Å². The Morgan fingerprint density at radius 3 is 2.36 bits per heavy atom. The predicted molar refractivity (Wildman–Crippen MR) is 142 cm³/mol. The van der Waals surface area contributed by atoms with Crippen LogP contribution in [0.2, 0.25) is 0 Å². The van der Waals surface area contributed by atoms with Gasteiger partial charge in [0.25, 0.3) is 0 Å². The smallest absolute Gasteiger partial charge is 0.318 e. The number of nitrogens with one attached hydrogen (secondary N) is 1. The second-order valence-electron chi connectivity index (χ2n) is 9.97. The van der Waals surface area contributed by atoms with E-state index >= 15 is 0 Å². The van der Waals surface area contributed by atoms with Gasteiger partial charge in [-0.1, -0.05) is 19.1 Å². The van der Waals surface area contributed by atoms with Crippen molar-refractivity contribution in [3.8, 4) is 5.75 Å². The molecule has 2 aliphatic heterocycles. The maximum atomic E-state index is 13.1. The molecule has 0 aliphatic carbocycles. The minimum Gasteiger partial charge on any atom is -0.426 e. The van der Waals surface area contributed by atoms with Gasteiger partial charge >= 0.3 is 5.97 Å². The normalized spacial score (nSPS) is 26.4. The Morgan fingerprint density at radius 2 is 1.77 bits per heavy atom. The highest BCUT2D eigenvalue weighted by Gasteiger charge is 2.45. The largest absolute Gasteiger partial charge is 0.426 e. The number of anilines is 1. The van der Waals surface area contributed by atoms with E-state index in [0.717, 1.165) is 24.3 Å². The van der Waals surface area contributed by atoms with Crippen molar-refractivity contribution in [2.75, 3.05) is 24.6 Å². The SMILES string of the molecule is CCC(C(=O)Oc1ccc(S(=O)(=O)N[C@H]2C(O)O[C@H](CO)[C@@H](O)[C@@H]2O)cc1C)c1ccc(N2CCCC2)cc1. The number of carbonyl (C=O) groups is 1. The summed E-state index contributed by atoms with van der Waals surface area (Å²) in [4.78, 5) is 15.2. The molecule has 2 aromatic rings. The Kier molecular flexibility index (Phi) is 9.27. The molecule has 0 bridgehead atoms. The van der Waals surface area contributed by atoms with Gasteiger partial charge in [0.2, 0.25) is 10.0 Å². The summed E-state index contributed by atoms with van der Waals surface area (Å²) in [5.74, 6) is -0.750. The van der Waals surface area contributed by atoms with Crippen LogP contribution < -0.4 is 14.4 Å². The van der Waals surface area contributed by atoms with E-state index in [2.05, 4.69) is 9.62 Å². The quantitative estimate of drug-likeness (QED) is 0.217. The van der Waals surface area contributed by atoms with Crippen LogP contribution >= 0.6 is 0 Å². The zero-order chi connectivity index (χ0) is 28.3. The predicted octanol–water partition coefficient (Wildman–Crippen LogP) is 0.773. The third kappa shape index (κ3) is 6.43. The summed E-state index contributed by atoms with van der Waals surface area (Å²) in [7, 11) is -4.28. The van der Waals surface area contributed by atoms with Crippen LogP contribution in [-0.2, 0) is 19.6 Å². The fourth-order valence-corrected chi connectivity index (χ4v) is 6.32. The zero-order valence-corrected chi connectivity index (χ0v) is 22.8. The van der Waals surface area contributed by atoms with E-state index < -0.39 is 59.2 Å². The summed E-state index contributed by atoms with van der Waals surface area (Å²) >= 11 is 0. The van der Waals surface area contributed by atoms with Crippen molar-refractivity contribution >= 4 is 21.7 Å². The van der Waals surface area contributed by atoms with Gasteiger partial charge in [0.1, 0.15) is 30.1 Å². The van der Waals surface area contributed by atoms with Crippen LogP contribution in [-0.4, -0.2) is 85.2 Å². The van der Waals surface area contributed by atoms with E-state index in [1.165, 1.54) is 31.0 Å². The molecule has 2 fully saturated rings. The Morgan fingerprint density at radius 1 is 1.10 bits per heavy atom. The van der Waals surface area contributed by atoms with E-state index in [1.54, 1.807) is 6.92 Å². The highest BCUT2D eigenvalue weighted by molar-refractivity contribution is 7.89. The van der Waals surface area contributed by atoms with Gasteiger partial charge in [0.15, 0.2) is 6.29 Å². The molecule has 2 aliphatic rings. The third-order valence-electron chi connectivity index (χ3n) is 7.32. The van der Waals surface area contributed by atoms with E-state index in [9.17, 15) is 33.6 Å². The number of hydrogen-bond acceptors (Lipinski definition) is 10. The lowest BCUT2D eigenvalue weighted by molar-refractivity contribution is -0.251. The molecule has 5 N–H and O–H groups in total. The molecular weight excluding hydrogens is 528 g/mol. The topological polar surface area (TPSA) is 166 Å². The maximum absolute atomic E-state index is 13.1. The van der Waals surface area contributed by atoms with Crippen molar-refractivity contribution in [2.24, 2.45) is 0 Å². The first-order valence-corrected chi connectivity index (χ1v) is 14.5. The second kappa shape index (κ2) is 12.3. The van der Waals surface area contributed by atoms with Crippen LogP contribution in [0.1, 0.15) is 43.2 Å². The highest BCUT2D eigenvalue weighted by Crippen LogP contribution is 2.29. The molecule has 2 saturated heterocycles. The number of rotatable bonds is 9. The first kappa shape index (κ1) is 29.4. The summed E-state index contributed by atoms with van der Waals surface area (Å²) in [6, 6.07) is 10.2. The van der Waals surface area contributed by atoms with Crippen LogP contribution in [0.4, 0.5) is 5.69 Å². The monoisotopic (exact) mass is 564 g/mol. The number of sulfonamides is 1. The first-order valence-electron chi connectivity index (χ1n) is 13.1. The van der Waals surface area contributed by atoms with Crippen LogP contribution in [0.25, 0.3) is 0 Å². The molecule has 4 rings (SSSR count). The number of aryl methyl sites for hydroxylation is 1. The molecule has 2 unspecified atom stereocenters. The molecule has 0 aromatic heterocycles. The molecular formula is C27H36N2O9S. The van der Waals surface area contributed by atoms with Crippen molar-refractivity contribution in [3.05, 3.63) is 53.6 Å². The number of nitrogens with zero attached hydrogens (tertiary/aromatic N) is 1. The van der Waals surface area contributed by atoms with Crippen LogP contribution in [0.3, 0.4) is 0 Å². The number of hydrogen-bond donors (Lipinski definition) is 5. The number of aliphatic hydroxyl groups excluding tert-OH is 4. The van der Waals surface area contributed by atoms with E-state index in [0.29, 0.717) is 12.0 Å². The van der Waals surface area contributed by atoms with Crippen LogP contribution in [0.5, 0.6) is 5.75 Å². The van der Waals surface area contributed by atoms with Crippen molar-refractivity contribution in [1.29, 1.82) is 0 Å². The lowest BCUT2D eigenvalue weighted by Crippen LogP contribution is -2.64. The molecule has 0 spiro atoms. The van der Waals surface area contributed by atoms with Gasteiger partial charge in [0, 0.05) is 18.8 Å². The first-order chi connectivity index (χ1) is 18.6. The molecule has 12 heteroatoms. The average molecular weight is 565 g/mol. The third-order valence-corrected chi connectivity index (χ3v) is 8.78. The van der Waals surface area contributed by atoms with E-state index in [4.69, 9.17) is 9.47 Å². The Bertz CT molecular complexity index is 1250. The summed E-state index contributed by atoms with van der Waals surface area (Å²) < 4.78 is 38.7. The van der Waals surface area contributed by atoms with Gasteiger partial charge in [-0.15, -0.1) is 0 Å². The van der Waals surface area contributed by atoms with Crippen molar-refractivity contribution in [3.63, 3.8) is 0 Å². The molecule has 39 heavy (non-hydrogen) atoms. The number of benzene rings is 2. The fraction of sp³-hybridized carbons (Fsp3) is 0.519. The highest BCUT2D eigenvalue weighted by atomic mass is 32.2. The number of carbonyl (C=O) groups excluding carboxylic acids is 1. The van der Waals surface area contributed by atoms with Gasteiger partial charge in [-0.2, -0.15) is 0 Å². The van der Waals surface area contributed by atoms with E-state index in [-0.39, 0.29) is 10.6 Å². The average Bonchev–Trinajstić information content (AvgIpc) is 3.46. The summed E-state index contributed by atoms with van der Waals surface area (Å²) in [5.41, 5.74) is 2.35. The molecule has 214 valence electrons. The Hall–Kier alpha value is -2.58. The van der Waals surface area contributed by atoms with Crippen molar-refractivity contribution in [2.45, 2.75) is 74.6 Å². The molecule has 0 amide bonds. The van der Waals surface area contributed by atoms with Gasteiger partial charge < -0.3 is 34.8 Å². The Balaban J connectivity index is 1.44. The molecule has 2 aromatic carbocycles. The number of esters is 1. The molecule has 2 heterocycles. The molecule has 11 nitrogen and oxygen atoms in total. The van der Waals surface area contributed by atoms with Crippen LogP contribution in [0, 0.1) is 6.92 Å². The summed E-state index contributed by atoms with van der Waals surface area (Å²) in [6.07, 6.45) is -3.53. The fourth-order valence-electron chi connectivity index (χ4n) is 4.99. The zero-order valence-electron chi connectivity index (χ0n) is 21.9. The molecule has 0 radical (unpaired) electrons. The minimum atomic E-state index is -4.28. The van der Waals surface area contributed by atoms with E-state index in [1.807, 2.05) is 31.2 Å².